The van der Waals surface area contributed by atoms with Crippen molar-refractivity contribution in [2.45, 2.75) is 13.3 Å². The average Bonchev–Trinajstić information content (AvgIpc) is 2.60. The molecule has 0 aromatic heterocycles. The molecule has 0 spiro atoms. The molecule has 0 aliphatic heterocycles. The van der Waals surface area contributed by atoms with Gasteiger partial charge in [0.25, 0.3) is 5.69 Å². The van der Waals surface area contributed by atoms with Gasteiger partial charge in [0.1, 0.15) is 0 Å². The van der Waals surface area contributed by atoms with E-state index in [0.717, 1.165) is 12.0 Å². The van der Waals surface area contributed by atoms with Crippen LogP contribution in [0.4, 0.5) is 11.4 Å². The molecule has 7 heteroatoms. The van der Waals surface area contributed by atoms with E-state index >= 15 is 0 Å². The third-order valence-corrected chi connectivity index (χ3v) is 3.11. The number of benzene rings is 2. The monoisotopic (exact) mass is 329 g/mol. The van der Waals surface area contributed by atoms with Crippen molar-refractivity contribution in [1.82, 2.24) is 0 Å². The highest BCUT2D eigenvalue weighted by molar-refractivity contribution is 5.81. The summed E-state index contributed by atoms with van der Waals surface area (Å²) in [5.74, 6) is 1.31. The number of hydrogen-bond acceptors (Lipinski definition) is 6. The Bertz CT molecular complexity index is 732. The SMILES string of the molecule is CCCOc1ccc(/C=N/Nc2cccc([N+](=O)[O-])c2)cc1OC. The first kappa shape index (κ1) is 17.3. The maximum Gasteiger partial charge on any atom is 0.271 e. The number of rotatable bonds is 8. The van der Waals surface area contributed by atoms with Crippen molar-refractivity contribution in [3.05, 3.63) is 58.1 Å². The van der Waals surface area contributed by atoms with E-state index in [9.17, 15) is 10.1 Å². The smallest absolute Gasteiger partial charge is 0.271 e. The number of nitro groups is 1. The Balaban J connectivity index is 2.06. The summed E-state index contributed by atoms with van der Waals surface area (Å²) in [6.45, 7) is 2.66. The van der Waals surface area contributed by atoms with Gasteiger partial charge < -0.3 is 9.47 Å². The van der Waals surface area contributed by atoms with Gasteiger partial charge in [-0.1, -0.05) is 13.0 Å². The van der Waals surface area contributed by atoms with E-state index in [1.807, 2.05) is 25.1 Å². The van der Waals surface area contributed by atoms with Crippen LogP contribution in [0.2, 0.25) is 0 Å². The Morgan fingerprint density at radius 2 is 2.08 bits per heavy atom. The molecule has 2 rings (SSSR count). The lowest BCUT2D eigenvalue weighted by molar-refractivity contribution is -0.384. The Morgan fingerprint density at radius 3 is 2.79 bits per heavy atom. The molecule has 2 aromatic carbocycles. The van der Waals surface area contributed by atoms with Crippen LogP contribution in [0, 0.1) is 10.1 Å². The summed E-state index contributed by atoms with van der Waals surface area (Å²) in [5, 5.41) is 14.8. The molecule has 0 heterocycles. The van der Waals surface area contributed by atoms with Gasteiger partial charge in [-0.3, -0.25) is 15.5 Å². The van der Waals surface area contributed by atoms with Gasteiger partial charge in [-0.15, -0.1) is 0 Å². The lowest BCUT2D eigenvalue weighted by atomic mass is 10.2. The summed E-state index contributed by atoms with van der Waals surface area (Å²) in [4.78, 5) is 10.3. The Kier molecular flexibility index (Phi) is 6.13. The lowest BCUT2D eigenvalue weighted by Crippen LogP contribution is -1.98. The highest BCUT2D eigenvalue weighted by Gasteiger charge is 2.06. The molecular weight excluding hydrogens is 310 g/mol. The van der Waals surface area contributed by atoms with Crippen LogP contribution < -0.4 is 14.9 Å². The van der Waals surface area contributed by atoms with Crippen molar-refractivity contribution >= 4 is 17.6 Å². The van der Waals surface area contributed by atoms with Crippen LogP contribution in [0.5, 0.6) is 11.5 Å². The second-order valence-electron chi connectivity index (χ2n) is 4.94. The quantitative estimate of drug-likeness (QED) is 0.452. The van der Waals surface area contributed by atoms with Gasteiger partial charge in [-0.2, -0.15) is 5.10 Å². The van der Waals surface area contributed by atoms with Gasteiger partial charge in [0.05, 0.1) is 30.5 Å². The van der Waals surface area contributed by atoms with E-state index in [-0.39, 0.29) is 5.69 Å². The van der Waals surface area contributed by atoms with E-state index in [4.69, 9.17) is 9.47 Å². The molecule has 2 aromatic rings. The van der Waals surface area contributed by atoms with Crippen molar-refractivity contribution in [3.8, 4) is 11.5 Å². The molecule has 0 atom stereocenters. The molecular formula is C17H19N3O4. The minimum Gasteiger partial charge on any atom is -0.493 e. The van der Waals surface area contributed by atoms with Gasteiger partial charge >= 0.3 is 0 Å². The number of non-ortho nitro benzene ring substituents is 1. The first-order valence-electron chi connectivity index (χ1n) is 7.48. The summed E-state index contributed by atoms with van der Waals surface area (Å²) in [7, 11) is 1.58. The number of hydrogen-bond donors (Lipinski definition) is 1. The predicted octanol–water partition coefficient (Wildman–Crippen LogP) is 3.84. The van der Waals surface area contributed by atoms with Crippen LogP contribution in [0.25, 0.3) is 0 Å². The van der Waals surface area contributed by atoms with E-state index in [0.29, 0.717) is 23.8 Å². The van der Waals surface area contributed by atoms with Gasteiger partial charge in [-0.25, -0.2) is 0 Å². The molecule has 7 nitrogen and oxygen atoms in total. The Labute approximate surface area is 140 Å². The largest absolute Gasteiger partial charge is 0.493 e. The van der Waals surface area contributed by atoms with E-state index in [2.05, 4.69) is 10.5 Å². The second-order valence-corrected chi connectivity index (χ2v) is 4.94. The average molecular weight is 329 g/mol. The fourth-order valence-corrected chi connectivity index (χ4v) is 1.97. The number of nitro benzene ring substituents is 1. The Morgan fingerprint density at radius 1 is 1.25 bits per heavy atom. The molecule has 0 fully saturated rings. The summed E-state index contributed by atoms with van der Waals surface area (Å²) in [6.07, 6.45) is 2.52. The molecule has 126 valence electrons. The molecule has 0 aliphatic carbocycles. The van der Waals surface area contributed by atoms with Crippen molar-refractivity contribution in [2.75, 3.05) is 19.1 Å². The fourth-order valence-electron chi connectivity index (χ4n) is 1.97. The number of hydrazone groups is 1. The van der Waals surface area contributed by atoms with Gasteiger partial charge in [0.15, 0.2) is 11.5 Å². The summed E-state index contributed by atoms with van der Waals surface area (Å²) >= 11 is 0. The van der Waals surface area contributed by atoms with Crippen LogP contribution in [0.15, 0.2) is 47.6 Å². The summed E-state index contributed by atoms with van der Waals surface area (Å²) in [6, 6.07) is 11.6. The standard InChI is InChI=1S/C17H19N3O4/c1-3-9-24-16-8-7-13(10-17(16)23-2)12-18-19-14-5-4-6-15(11-14)20(21)22/h4-8,10-12,19H,3,9H2,1-2H3/b18-12+. The molecule has 0 unspecified atom stereocenters. The molecule has 0 aliphatic rings. The third-order valence-electron chi connectivity index (χ3n) is 3.11. The van der Waals surface area contributed by atoms with Gasteiger partial charge in [0.2, 0.25) is 0 Å². The van der Waals surface area contributed by atoms with Crippen LogP contribution in [0.1, 0.15) is 18.9 Å². The highest BCUT2D eigenvalue weighted by Crippen LogP contribution is 2.27. The Hall–Kier alpha value is -3.09. The van der Waals surface area contributed by atoms with Crippen LogP contribution in [0.3, 0.4) is 0 Å². The molecule has 0 saturated heterocycles. The molecule has 0 bridgehead atoms. The number of ether oxygens (including phenoxy) is 2. The number of nitrogens with zero attached hydrogens (tertiary/aromatic N) is 2. The second kappa shape index (κ2) is 8.52. The maximum absolute atomic E-state index is 10.7. The minimum absolute atomic E-state index is 0.00861. The van der Waals surface area contributed by atoms with Crippen molar-refractivity contribution in [2.24, 2.45) is 5.10 Å². The molecule has 1 N–H and O–H groups in total. The molecule has 0 saturated carbocycles. The molecule has 0 amide bonds. The van der Waals surface area contributed by atoms with E-state index < -0.39 is 4.92 Å². The zero-order valence-corrected chi connectivity index (χ0v) is 13.6. The number of anilines is 1. The third kappa shape index (κ3) is 4.70. The lowest BCUT2D eigenvalue weighted by Gasteiger charge is -2.10. The number of nitrogens with one attached hydrogen (secondary N) is 1. The van der Waals surface area contributed by atoms with Gasteiger partial charge in [0, 0.05) is 12.1 Å². The van der Waals surface area contributed by atoms with Crippen molar-refractivity contribution in [3.63, 3.8) is 0 Å². The first-order valence-corrected chi connectivity index (χ1v) is 7.48. The van der Waals surface area contributed by atoms with Gasteiger partial charge in [-0.05, 0) is 36.2 Å². The zero-order valence-electron chi connectivity index (χ0n) is 13.6. The molecule has 24 heavy (non-hydrogen) atoms. The van der Waals surface area contributed by atoms with E-state index in [1.54, 1.807) is 25.5 Å². The molecule has 0 radical (unpaired) electrons. The summed E-state index contributed by atoms with van der Waals surface area (Å²) in [5.41, 5.74) is 4.13. The van der Waals surface area contributed by atoms with Crippen molar-refractivity contribution in [1.29, 1.82) is 0 Å². The number of methoxy groups -OCH3 is 1. The van der Waals surface area contributed by atoms with Crippen LogP contribution >= 0.6 is 0 Å². The summed E-state index contributed by atoms with van der Waals surface area (Å²) < 4.78 is 10.9. The van der Waals surface area contributed by atoms with Crippen LogP contribution in [-0.2, 0) is 0 Å². The van der Waals surface area contributed by atoms with Crippen molar-refractivity contribution < 1.29 is 14.4 Å². The fraction of sp³-hybridized carbons (Fsp3) is 0.235. The predicted molar refractivity (Wildman–Crippen MR) is 93.1 cm³/mol. The van der Waals surface area contributed by atoms with E-state index in [1.165, 1.54) is 12.1 Å². The minimum atomic E-state index is -0.450. The normalized spacial score (nSPS) is 10.6. The zero-order chi connectivity index (χ0) is 17.4. The van der Waals surface area contributed by atoms with Crippen LogP contribution in [-0.4, -0.2) is 24.9 Å². The highest BCUT2D eigenvalue weighted by atomic mass is 16.6. The maximum atomic E-state index is 10.7. The first-order chi connectivity index (χ1) is 11.6. The topological polar surface area (TPSA) is 86.0 Å².